The number of sulfonamides is 1. The van der Waals surface area contributed by atoms with Crippen LogP contribution in [0.3, 0.4) is 0 Å². The van der Waals surface area contributed by atoms with Gasteiger partial charge in [0.25, 0.3) is 10.0 Å². The fraction of sp³-hybridized carbons (Fsp3) is 0.517. The molecular weight excluding hydrogens is 708 g/mol. The first-order chi connectivity index (χ1) is 22.3. The monoisotopic (exact) mass is 734 g/mol. The average molecular weight is 735 g/mol. The molecule has 3 aliphatic rings. The number of nitrogens with zero attached hydrogens (tertiary/aromatic N) is 2. The Balaban J connectivity index is 1.28. The predicted octanol–water partition coefficient (Wildman–Crippen LogP) is 6.59. The number of halogens is 9. The Morgan fingerprint density at radius 1 is 0.979 bits per heavy atom. The van der Waals surface area contributed by atoms with E-state index in [0.29, 0.717) is 18.4 Å². The van der Waals surface area contributed by atoms with E-state index < -0.39 is 79.3 Å². The van der Waals surface area contributed by atoms with Crippen LogP contribution in [0.4, 0.5) is 35.1 Å². The summed E-state index contributed by atoms with van der Waals surface area (Å²) in [5, 5.41) is -1.58. The van der Waals surface area contributed by atoms with Crippen LogP contribution in [-0.4, -0.2) is 72.8 Å². The van der Waals surface area contributed by atoms with E-state index in [1.807, 2.05) is 0 Å². The molecule has 19 heteroatoms. The first-order valence-corrected chi connectivity index (χ1v) is 16.4. The third-order valence-electron chi connectivity index (χ3n) is 7.95. The molecule has 1 amide bonds. The Bertz CT molecular complexity index is 1670. The molecule has 0 atom stereocenters. The van der Waals surface area contributed by atoms with Gasteiger partial charge in [0.2, 0.25) is 0 Å². The maximum absolute atomic E-state index is 15.8. The van der Waals surface area contributed by atoms with Crippen LogP contribution >= 0.6 is 11.6 Å². The Kier molecular flexibility index (Phi) is 9.84. The number of alkyl halides is 7. The second kappa shape index (κ2) is 13.2. The van der Waals surface area contributed by atoms with Gasteiger partial charge in [-0.3, -0.25) is 9.69 Å². The van der Waals surface area contributed by atoms with Crippen molar-refractivity contribution in [3.05, 3.63) is 57.9 Å². The molecule has 2 aliphatic carbocycles. The number of hydrogen-bond acceptors (Lipinski definition) is 8. The summed E-state index contributed by atoms with van der Waals surface area (Å²) >= 11 is 5.90. The molecule has 1 heterocycles. The third-order valence-corrected chi connectivity index (χ3v) is 10.3. The third kappa shape index (κ3) is 8.61. The highest BCUT2D eigenvalue weighted by Crippen LogP contribution is 2.43. The Morgan fingerprint density at radius 3 is 2.17 bits per heavy atom. The van der Waals surface area contributed by atoms with E-state index >= 15 is 8.78 Å². The number of benzene rings is 2. The number of piperidine rings is 1. The van der Waals surface area contributed by atoms with Gasteiger partial charge in [-0.05, 0) is 79.8 Å². The van der Waals surface area contributed by atoms with Crippen LogP contribution in [0.5, 0.6) is 11.5 Å². The summed E-state index contributed by atoms with van der Waals surface area (Å²) in [6.07, 6.45) is -9.70. The predicted molar refractivity (Wildman–Crippen MR) is 151 cm³/mol. The highest BCUT2D eigenvalue weighted by Gasteiger charge is 2.50. The fourth-order valence-electron chi connectivity index (χ4n) is 5.04. The van der Waals surface area contributed by atoms with E-state index in [4.69, 9.17) is 16.3 Å². The molecule has 1 saturated heterocycles. The number of likely N-dealkylation sites (tertiary alicyclic amines) is 1. The van der Waals surface area contributed by atoms with Crippen molar-refractivity contribution in [1.82, 2.24) is 9.37 Å². The lowest BCUT2D eigenvalue weighted by Gasteiger charge is -2.36. The van der Waals surface area contributed by atoms with Gasteiger partial charge in [-0.1, -0.05) is 22.1 Å². The van der Waals surface area contributed by atoms with Crippen molar-refractivity contribution in [2.75, 3.05) is 19.7 Å². The number of ether oxygens (including phenoxy) is 2. The summed E-state index contributed by atoms with van der Waals surface area (Å²) in [7, 11) is -4.95. The maximum atomic E-state index is 15.8. The van der Waals surface area contributed by atoms with Gasteiger partial charge in [0, 0.05) is 19.6 Å². The molecule has 0 bridgehead atoms. The SMILES string of the molecule is O=C(c1cc(C2CC2)cc(OCC2(F)CCN(Cc3ccc(OC(F)(F)F)c(Cl)c3)CC2)c1F)N(OC(=O)C(F)(F)F)S(=O)(=O)C1CC1. The van der Waals surface area contributed by atoms with Gasteiger partial charge in [-0.2, -0.15) is 13.2 Å². The van der Waals surface area contributed by atoms with Crippen molar-refractivity contribution in [1.29, 1.82) is 0 Å². The van der Waals surface area contributed by atoms with Gasteiger partial charge in [-0.25, -0.2) is 22.0 Å². The molecule has 1 aliphatic heterocycles. The second-order valence-electron chi connectivity index (χ2n) is 11.8. The van der Waals surface area contributed by atoms with Gasteiger partial charge >= 0.3 is 24.4 Å². The topological polar surface area (TPSA) is 102 Å². The van der Waals surface area contributed by atoms with Crippen LogP contribution in [-0.2, 0) is 26.2 Å². The van der Waals surface area contributed by atoms with E-state index in [1.54, 1.807) is 4.90 Å². The fourth-order valence-corrected chi connectivity index (χ4v) is 6.78. The molecule has 264 valence electrons. The minimum atomic E-state index is -5.67. The lowest BCUT2D eigenvalue weighted by atomic mass is 9.94. The molecule has 5 rings (SSSR count). The highest BCUT2D eigenvalue weighted by atomic mass is 35.5. The summed E-state index contributed by atoms with van der Waals surface area (Å²) in [6.45, 7) is -0.177. The highest BCUT2D eigenvalue weighted by molar-refractivity contribution is 7.90. The largest absolute Gasteiger partial charge is 0.573 e. The normalized spacial score (nSPS) is 18.7. The van der Waals surface area contributed by atoms with Crippen LogP contribution in [0.2, 0.25) is 5.02 Å². The molecule has 0 spiro atoms. The second-order valence-corrected chi connectivity index (χ2v) is 14.3. The van der Waals surface area contributed by atoms with Gasteiger partial charge in [0.05, 0.1) is 15.8 Å². The van der Waals surface area contributed by atoms with Crippen LogP contribution in [0.1, 0.15) is 65.9 Å². The Morgan fingerprint density at radius 2 is 1.62 bits per heavy atom. The van der Waals surface area contributed by atoms with Gasteiger partial charge < -0.3 is 14.3 Å². The molecule has 0 radical (unpaired) electrons. The van der Waals surface area contributed by atoms with Crippen LogP contribution in [0.15, 0.2) is 30.3 Å². The molecule has 2 aromatic carbocycles. The maximum Gasteiger partial charge on any atom is 0.573 e. The average Bonchev–Trinajstić information content (AvgIpc) is 3.90. The van der Waals surface area contributed by atoms with Gasteiger partial charge in [0.1, 0.15) is 18.0 Å². The van der Waals surface area contributed by atoms with Crippen LogP contribution in [0, 0.1) is 5.82 Å². The zero-order valence-electron chi connectivity index (χ0n) is 24.7. The van der Waals surface area contributed by atoms with E-state index in [1.165, 1.54) is 18.2 Å². The quantitative estimate of drug-likeness (QED) is 0.199. The number of carbonyl (C=O) groups is 2. The number of rotatable bonds is 10. The van der Waals surface area contributed by atoms with Crippen molar-refractivity contribution in [3.63, 3.8) is 0 Å². The molecule has 0 aromatic heterocycles. The molecular formula is C29H27ClF8N2O7S. The van der Waals surface area contributed by atoms with Crippen molar-refractivity contribution in [2.45, 2.75) is 74.4 Å². The van der Waals surface area contributed by atoms with Gasteiger partial charge in [0.15, 0.2) is 11.6 Å². The zero-order valence-corrected chi connectivity index (χ0v) is 26.2. The van der Waals surface area contributed by atoms with Crippen molar-refractivity contribution < 1.29 is 67.4 Å². The van der Waals surface area contributed by atoms with E-state index in [2.05, 4.69) is 9.57 Å². The van der Waals surface area contributed by atoms with E-state index in [9.17, 15) is 44.3 Å². The summed E-state index contributed by atoms with van der Waals surface area (Å²) in [5.41, 5.74) is -2.23. The van der Waals surface area contributed by atoms with E-state index in [0.717, 1.165) is 12.1 Å². The number of amides is 1. The van der Waals surface area contributed by atoms with E-state index in [-0.39, 0.29) is 61.8 Å². The smallest absolute Gasteiger partial charge is 0.487 e. The molecule has 9 nitrogen and oxygen atoms in total. The Labute approximate surface area is 273 Å². The molecule has 0 unspecified atom stereocenters. The first kappa shape index (κ1) is 35.9. The summed E-state index contributed by atoms with van der Waals surface area (Å²) in [5.74, 6) is -7.81. The number of hydroxylamine groups is 1. The first-order valence-electron chi connectivity index (χ1n) is 14.5. The number of hydrogen-bond donors (Lipinski definition) is 0. The van der Waals surface area contributed by atoms with Crippen molar-refractivity contribution >= 4 is 33.5 Å². The summed E-state index contributed by atoms with van der Waals surface area (Å²) in [6, 6.07) is 5.87. The molecule has 48 heavy (non-hydrogen) atoms. The van der Waals surface area contributed by atoms with Crippen molar-refractivity contribution in [3.8, 4) is 11.5 Å². The molecule has 3 fully saturated rings. The molecule has 0 N–H and O–H groups in total. The standard InChI is InChI=1S/C29H27ClF8N2O7S/c30-21-11-16(1-6-22(21)46-29(36,37)38)14-39-9-7-27(32,8-10-39)15-45-23-13-18(17-2-3-17)12-20(24(23)31)25(41)40(47-26(42)28(33,34)35)48(43,44)19-4-5-19/h1,6,11-13,17,19H,2-5,7-10,14-15H2. The van der Waals surface area contributed by atoms with Gasteiger partial charge in [-0.15, -0.1) is 13.2 Å². The zero-order chi connectivity index (χ0) is 35.2. The Hall–Kier alpha value is -3.38. The lowest BCUT2D eigenvalue weighted by molar-refractivity contribution is -0.274. The minimum Gasteiger partial charge on any atom is -0.487 e. The van der Waals surface area contributed by atoms with Crippen LogP contribution < -0.4 is 9.47 Å². The molecule has 2 saturated carbocycles. The lowest BCUT2D eigenvalue weighted by Crippen LogP contribution is -2.45. The van der Waals surface area contributed by atoms with Crippen molar-refractivity contribution in [2.24, 2.45) is 0 Å². The summed E-state index contributed by atoms with van der Waals surface area (Å²) < 4.78 is 142. The minimum absolute atomic E-state index is 0.0262. The molecule has 2 aromatic rings. The number of carbonyl (C=O) groups excluding carboxylic acids is 2. The summed E-state index contributed by atoms with van der Waals surface area (Å²) in [4.78, 5) is 30.6. The van der Waals surface area contributed by atoms with Crippen LogP contribution in [0.25, 0.3) is 0 Å².